The van der Waals surface area contributed by atoms with Gasteiger partial charge in [0.15, 0.2) is 0 Å². The van der Waals surface area contributed by atoms with E-state index in [1.807, 2.05) is 18.2 Å². The molecule has 1 atom stereocenters. The average molecular weight is 348 g/mol. The first-order chi connectivity index (χ1) is 12.0. The van der Waals surface area contributed by atoms with Gasteiger partial charge in [-0.15, -0.1) is 0 Å². The van der Waals surface area contributed by atoms with Gasteiger partial charge in [-0.3, -0.25) is 19.3 Å². The molecule has 25 heavy (non-hydrogen) atoms. The van der Waals surface area contributed by atoms with Crippen LogP contribution in [0.4, 0.5) is 5.69 Å². The molecule has 0 aliphatic carbocycles. The van der Waals surface area contributed by atoms with Crippen molar-refractivity contribution in [2.24, 2.45) is 0 Å². The van der Waals surface area contributed by atoms with Crippen LogP contribution in [-0.2, 0) is 19.1 Å². The van der Waals surface area contributed by atoms with Gasteiger partial charge in [-0.2, -0.15) is 0 Å². The lowest BCUT2D eigenvalue weighted by atomic mass is 10.2. The molecule has 0 bridgehead atoms. The molecule has 0 amide bonds. The fourth-order valence-electron chi connectivity index (χ4n) is 2.81. The molecule has 1 aliphatic heterocycles. The molecular weight excluding hydrogens is 324 g/mol. The molecule has 0 N–H and O–H groups in total. The first kappa shape index (κ1) is 18.9. The lowest BCUT2D eigenvalue weighted by molar-refractivity contribution is -0.157. The molecule has 0 aromatic heterocycles. The molecule has 0 spiro atoms. The van der Waals surface area contributed by atoms with Crippen molar-refractivity contribution >= 4 is 17.6 Å². The Morgan fingerprint density at radius 2 is 1.72 bits per heavy atom. The van der Waals surface area contributed by atoms with Crippen molar-refractivity contribution in [1.29, 1.82) is 0 Å². The van der Waals surface area contributed by atoms with E-state index in [2.05, 4.69) is 9.80 Å². The number of carbonyl (C=O) groups is 2. The van der Waals surface area contributed by atoms with Crippen LogP contribution in [0.15, 0.2) is 35.1 Å². The fourth-order valence-corrected chi connectivity index (χ4v) is 2.81. The van der Waals surface area contributed by atoms with Gasteiger partial charge >= 0.3 is 11.9 Å². The van der Waals surface area contributed by atoms with Gasteiger partial charge in [0.25, 0.3) is 0 Å². The van der Waals surface area contributed by atoms with Crippen LogP contribution in [0.5, 0.6) is 0 Å². The smallest absolute Gasteiger partial charge is 0.303 e. The maximum absolute atomic E-state index is 12.1. The molecule has 2 rings (SSSR count). The van der Waals surface area contributed by atoms with E-state index < -0.39 is 18.0 Å². The minimum absolute atomic E-state index is 0.00565. The lowest BCUT2D eigenvalue weighted by Crippen LogP contribution is -2.50. The maximum atomic E-state index is 12.1. The van der Waals surface area contributed by atoms with E-state index >= 15 is 0 Å². The van der Waals surface area contributed by atoms with Crippen LogP contribution in [0.1, 0.15) is 13.8 Å². The second-order valence-electron chi connectivity index (χ2n) is 5.98. The van der Waals surface area contributed by atoms with Gasteiger partial charge in [0.1, 0.15) is 12.7 Å². The number of hydrogen-bond donors (Lipinski definition) is 0. The Morgan fingerprint density at radius 1 is 1.04 bits per heavy atom. The van der Waals surface area contributed by atoms with E-state index in [4.69, 9.17) is 9.47 Å². The molecule has 0 radical (unpaired) electrons. The van der Waals surface area contributed by atoms with E-state index in [9.17, 15) is 14.4 Å². The SMILES string of the molecule is CC(=O)OCC(CN1CCN(c2cccccc2=O)CC1)OC(C)=O. The highest BCUT2D eigenvalue weighted by molar-refractivity contribution is 5.67. The minimum Gasteiger partial charge on any atom is -0.462 e. The molecule has 136 valence electrons. The number of carbonyl (C=O) groups excluding carboxylic acids is 2. The summed E-state index contributed by atoms with van der Waals surface area (Å²) in [6.07, 6.45) is -0.488. The van der Waals surface area contributed by atoms with Crippen molar-refractivity contribution in [1.82, 2.24) is 4.90 Å². The normalized spacial score (nSPS) is 16.2. The summed E-state index contributed by atoms with van der Waals surface area (Å²) in [5.74, 6) is -0.800. The number of hydrogen-bond acceptors (Lipinski definition) is 7. The molecule has 1 fully saturated rings. The first-order valence-corrected chi connectivity index (χ1v) is 8.33. The van der Waals surface area contributed by atoms with Crippen molar-refractivity contribution in [3.63, 3.8) is 0 Å². The molecule has 1 unspecified atom stereocenters. The highest BCUT2D eigenvalue weighted by atomic mass is 16.6. The van der Waals surface area contributed by atoms with Crippen molar-refractivity contribution in [2.75, 3.05) is 44.2 Å². The zero-order chi connectivity index (χ0) is 18.2. The summed E-state index contributed by atoms with van der Waals surface area (Å²) in [5.41, 5.74) is 0.701. The molecule has 1 aliphatic rings. The average Bonchev–Trinajstić information content (AvgIpc) is 2.77. The summed E-state index contributed by atoms with van der Waals surface area (Å²) >= 11 is 0. The highest BCUT2D eigenvalue weighted by Crippen LogP contribution is 2.12. The Bertz CT molecular complexity index is 656. The molecule has 1 heterocycles. The Hall–Kier alpha value is -2.41. The Morgan fingerprint density at radius 3 is 2.36 bits per heavy atom. The number of rotatable bonds is 6. The third-order valence-electron chi connectivity index (χ3n) is 3.96. The summed E-state index contributed by atoms with van der Waals surface area (Å²) < 4.78 is 10.2. The Balaban J connectivity index is 1.91. The van der Waals surface area contributed by atoms with Crippen LogP contribution in [0.2, 0.25) is 0 Å². The van der Waals surface area contributed by atoms with Gasteiger partial charge in [-0.1, -0.05) is 18.2 Å². The molecule has 7 heteroatoms. The summed E-state index contributed by atoms with van der Waals surface area (Å²) in [5, 5.41) is 0. The minimum atomic E-state index is -0.488. The predicted molar refractivity (Wildman–Crippen MR) is 93.6 cm³/mol. The predicted octanol–water partition coefficient (Wildman–Crippen LogP) is 0.664. The van der Waals surface area contributed by atoms with Gasteiger partial charge in [0, 0.05) is 46.6 Å². The zero-order valence-electron chi connectivity index (χ0n) is 14.6. The van der Waals surface area contributed by atoms with Crippen LogP contribution in [0.25, 0.3) is 0 Å². The van der Waals surface area contributed by atoms with Gasteiger partial charge in [0.2, 0.25) is 5.43 Å². The molecular formula is C18H24N2O5. The maximum Gasteiger partial charge on any atom is 0.303 e. The van der Waals surface area contributed by atoms with E-state index in [0.717, 1.165) is 13.1 Å². The zero-order valence-corrected chi connectivity index (χ0v) is 14.6. The largest absolute Gasteiger partial charge is 0.462 e. The van der Waals surface area contributed by atoms with Crippen LogP contribution in [0.3, 0.4) is 0 Å². The van der Waals surface area contributed by atoms with Crippen LogP contribution in [-0.4, -0.2) is 62.3 Å². The van der Waals surface area contributed by atoms with Gasteiger partial charge in [-0.05, 0) is 12.1 Å². The molecule has 1 aromatic rings. The number of piperazine rings is 1. The quantitative estimate of drug-likeness (QED) is 0.699. The van der Waals surface area contributed by atoms with Gasteiger partial charge in [0.05, 0.1) is 5.69 Å². The summed E-state index contributed by atoms with van der Waals surface area (Å²) in [7, 11) is 0. The number of anilines is 1. The third-order valence-corrected chi connectivity index (χ3v) is 3.96. The fraction of sp³-hybridized carbons (Fsp3) is 0.500. The van der Waals surface area contributed by atoms with Gasteiger partial charge < -0.3 is 14.4 Å². The molecule has 1 saturated heterocycles. The van der Waals surface area contributed by atoms with E-state index in [1.165, 1.54) is 13.8 Å². The first-order valence-electron chi connectivity index (χ1n) is 8.33. The van der Waals surface area contributed by atoms with Crippen LogP contribution in [0, 0.1) is 0 Å². The summed E-state index contributed by atoms with van der Waals surface area (Å²) in [6.45, 7) is 6.08. The number of ether oxygens (including phenoxy) is 2. The Kier molecular flexibility index (Phi) is 6.94. The van der Waals surface area contributed by atoms with Crippen molar-refractivity contribution < 1.29 is 19.1 Å². The van der Waals surface area contributed by atoms with Crippen molar-refractivity contribution in [2.45, 2.75) is 20.0 Å². The molecule has 0 saturated carbocycles. The highest BCUT2D eigenvalue weighted by Gasteiger charge is 2.23. The van der Waals surface area contributed by atoms with E-state index in [1.54, 1.807) is 12.1 Å². The topological polar surface area (TPSA) is 76.2 Å². The van der Waals surface area contributed by atoms with Crippen LogP contribution >= 0.6 is 0 Å². The molecule has 7 nitrogen and oxygen atoms in total. The summed E-state index contributed by atoms with van der Waals surface area (Å²) in [4.78, 5) is 38.5. The van der Waals surface area contributed by atoms with Crippen molar-refractivity contribution in [3.8, 4) is 0 Å². The molecule has 1 aromatic carbocycles. The third kappa shape index (κ3) is 6.19. The second-order valence-corrected chi connectivity index (χ2v) is 5.98. The van der Waals surface area contributed by atoms with Crippen LogP contribution < -0.4 is 10.3 Å². The lowest BCUT2D eigenvalue weighted by Gasteiger charge is -2.36. The van der Waals surface area contributed by atoms with E-state index in [0.29, 0.717) is 25.3 Å². The summed E-state index contributed by atoms with van der Waals surface area (Å²) in [6, 6.07) is 8.83. The standard InChI is InChI=1S/C18H24N2O5/c1-14(21)24-13-16(25-15(2)22)12-19-8-10-20(11-9-19)17-6-4-3-5-7-18(17)23/h3-7,16H,8-13H2,1-2H3. The number of esters is 2. The second kappa shape index (κ2) is 9.17. The Labute approximate surface area is 147 Å². The van der Waals surface area contributed by atoms with E-state index in [-0.39, 0.29) is 12.0 Å². The monoisotopic (exact) mass is 348 g/mol. The number of nitrogens with zero attached hydrogens (tertiary/aromatic N) is 2. The van der Waals surface area contributed by atoms with Crippen molar-refractivity contribution in [3.05, 3.63) is 40.6 Å². The van der Waals surface area contributed by atoms with Gasteiger partial charge in [-0.25, -0.2) is 0 Å².